The van der Waals surface area contributed by atoms with Crippen molar-refractivity contribution >= 4 is 5.96 Å². The van der Waals surface area contributed by atoms with Crippen LogP contribution in [0.15, 0.2) is 4.99 Å². The third-order valence-corrected chi connectivity index (χ3v) is 3.78. The molecular weight excluding hydrogens is 186 g/mol. The summed E-state index contributed by atoms with van der Waals surface area (Å²) in [5, 5.41) is 3.41. The van der Waals surface area contributed by atoms with E-state index >= 15 is 0 Å². The van der Waals surface area contributed by atoms with Crippen molar-refractivity contribution < 1.29 is 0 Å². The molecule has 0 amide bonds. The molecule has 15 heavy (non-hydrogen) atoms. The molecule has 3 nitrogen and oxygen atoms in total. The lowest BCUT2D eigenvalue weighted by atomic mass is 10.0. The van der Waals surface area contributed by atoms with Crippen LogP contribution in [0.4, 0.5) is 0 Å². The molecule has 86 valence electrons. The Morgan fingerprint density at radius 2 is 1.80 bits per heavy atom. The zero-order chi connectivity index (χ0) is 10.7. The van der Waals surface area contributed by atoms with E-state index in [0.717, 1.165) is 0 Å². The molecule has 0 unspecified atom stereocenters. The molecule has 2 fully saturated rings. The highest BCUT2D eigenvalue weighted by Crippen LogP contribution is 2.28. The van der Waals surface area contributed by atoms with Gasteiger partial charge in [0.05, 0.1) is 6.04 Å². The lowest BCUT2D eigenvalue weighted by molar-refractivity contribution is 0.428. The molecule has 3 N–H and O–H groups in total. The Balaban J connectivity index is 1.87. The van der Waals surface area contributed by atoms with Crippen LogP contribution in [0.25, 0.3) is 0 Å². The van der Waals surface area contributed by atoms with Crippen LogP contribution in [0.2, 0.25) is 0 Å². The molecule has 2 aliphatic carbocycles. The van der Waals surface area contributed by atoms with Gasteiger partial charge in [0, 0.05) is 5.54 Å². The summed E-state index contributed by atoms with van der Waals surface area (Å²) in [5.41, 5.74) is 6.17. The predicted molar refractivity (Wildman–Crippen MR) is 63.9 cm³/mol. The van der Waals surface area contributed by atoms with Crippen molar-refractivity contribution in [2.45, 2.75) is 69.9 Å². The average molecular weight is 209 g/mol. The quantitative estimate of drug-likeness (QED) is 0.541. The van der Waals surface area contributed by atoms with E-state index < -0.39 is 0 Å². The van der Waals surface area contributed by atoms with Crippen LogP contribution < -0.4 is 11.1 Å². The predicted octanol–water partition coefficient (Wildman–Crippen LogP) is 2.17. The Bertz CT molecular complexity index is 235. The van der Waals surface area contributed by atoms with Crippen molar-refractivity contribution in [3.8, 4) is 0 Å². The average Bonchev–Trinajstić information content (AvgIpc) is 2.76. The minimum atomic E-state index is 0.214. The monoisotopic (exact) mass is 209 g/mol. The van der Waals surface area contributed by atoms with Crippen LogP contribution in [-0.4, -0.2) is 17.5 Å². The summed E-state index contributed by atoms with van der Waals surface area (Å²) in [6, 6.07) is 0.488. The van der Waals surface area contributed by atoms with Crippen molar-refractivity contribution in [1.29, 1.82) is 0 Å². The third kappa shape index (κ3) is 2.86. The van der Waals surface area contributed by atoms with Gasteiger partial charge in [-0.15, -0.1) is 0 Å². The second kappa shape index (κ2) is 4.42. The number of hydrogen-bond acceptors (Lipinski definition) is 1. The molecule has 3 heteroatoms. The minimum absolute atomic E-state index is 0.214. The molecule has 0 aromatic heterocycles. The molecule has 2 saturated carbocycles. The van der Waals surface area contributed by atoms with Crippen LogP contribution in [0, 0.1) is 0 Å². The molecule has 0 atom stereocenters. The number of nitrogens with two attached hydrogens (primary N) is 1. The molecule has 0 radical (unpaired) electrons. The fourth-order valence-electron chi connectivity index (χ4n) is 2.85. The van der Waals surface area contributed by atoms with Gasteiger partial charge < -0.3 is 11.1 Å². The summed E-state index contributed by atoms with van der Waals surface area (Å²) in [5.74, 6) is 0.672. The summed E-state index contributed by atoms with van der Waals surface area (Å²) >= 11 is 0. The molecule has 2 aliphatic rings. The number of hydrogen-bond donors (Lipinski definition) is 2. The zero-order valence-electron chi connectivity index (χ0n) is 9.76. The second-order valence-electron chi connectivity index (χ2n) is 5.35. The van der Waals surface area contributed by atoms with E-state index in [1.54, 1.807) is 0 Å². The Labute approximate surface area is 92.5 Å². The maximum atomic E-state index is 5.96. The van der Waals surface area contributed by atoms with Crippen molar-refractivity contribution in [3.63, 3.8) is 0 Å². The van der Waals surface area contributed by atoms with E-state index in [9.17, 15) is 0 Å². The second-order valence-corrected chi connectivity index (χ2v) is 5.35. The van der Waals surface area contributed by atoms with Gasteiger partial charge in [-0.25, -0.2) is 0 Å². The van der Waals surface area contributed by atoms with E-state index in [-0.39, 0.29) is 5.54 Å². The van der Waals surface area contributed by atoms with Crippen molar-refractivity contribution in [3.05, 3.63) is 0 Å². The fraction of sp³-hybridized carbons (Fsp3) is 0.917. The summed E-state index contributed by atoms with van der Waals surface area (Å²) in [7, 11) is 0. The largest absolute Gasteiger partial charge is 0.370 e. The van der Waals surface area contributed by atoms with Crippen molar-refractivity contribution in [2.24, 2.45) is 10.7 Å². The lowest BCUT2D eigenvalue weighted by Crippen LogP contribution is -2.47. The molecule has 0 saturated heterocycles. The molecule has 0 aromatic rings. The molecule has 0 aromatic carbocycles. The van der Waals surface area contributed by atoms with Gasteiger partial charge in [0.2, 0.25) is 0 Å². The fourth-order valence-corrected chi connectivity index (χ4v) is 2.85. The van der Waals surface area contributed by atoms with Gasteiger partial charge in [-0.2, -0.15) is 0 Å². The highest BCUT2D eigenvalue weighted by Gasteiger charge is 2.29. The highest BCUT2D eigenvalue weighted by atomic mass is 15.1. The highest BCUT2D eigenvalue weighted by molar-refractivity contribution is 5.78. The minimum Gasteiger partial charge on any atom is -0.370 e. The molecule has 0 heterocycles. The molecular formula is C12H23N3. The van der Waals surface area contributed by atoms with Gasteiger partial charge >= 0.3 is 0 Å². The first-order chi connectivity index (χ1) is 7.18. The number of nitrogens with zero attached hydrogens (tertiary/aromatic N) is 1. The Hall–Kier alpha value is -0.730. The maximum absolute atomic E-state index is 5.96. The van der Waals surface area contributed by atoms with Crippen LogP contribution in [0.1, 0.15) is 58.3 Å². The molecule has 2 rings (SSSR count). The maximum Gasteiger partial charge on any atom is 0.189 e. The van der Waals surface area contributed by atoms with Crippen LogP contribution in [0.3, 0.4) is 0 Å². The van der Waals surface area contributed by atoms with Gasteiger partial charge in [-0.3, -0.25) is 4.99 Å². The van der Waals surface area contributed by atoms with E-state index in [0.29, 0.717) is 12.0 Å². The zero-order valence-corrected chi connectivity index (χ0v) is 9.76. The van der Waals surface area contributed by atoms with E-state index in [1.165, 1.54) is 51.4 Å². The Morgan fingerprint density at radius 3 is 2.40 bits per heavy atom. The van der Waals surface area contributed by atoms with Gasteiger partial charge in [-0.05, 0) is 32.6 Å². The molecule has 0 bridgehead atoms. The van der Waals surface area contributed by atoms with Gasteiger partial charge in [0.25, 0.3) is 0 Å². The Kier molecular flexibility index (Phi) is 3.17. The first kappa shape index (κ1) is 10.8. The van der Waals surface area contributed by atoms with E-state index in [4.69, 9.17) is 5.73 Å². The smallest absolute Gasteiger partial charge is 0.189 e. The normalized spacial score (nSPS) is 27.1. The van der Waals surface area contributed by atoms with Crippen LogP contribution in [0.5, 0.6) is 0 Å². The summed E-state index contributed by atoms with van der Waals surface area (Å²) in [6.45, 7) is 2.26. The van der Waals surface area contributed by atoms with Crippen molar-refractivity contribution in [1.82, 2.24) is 5.32 Å². The topological polar surface area (TPSA) is 50.4 Å². The van der Waals surface area contributed by atoms with E-state index in [2.05, 4.69) is 17.2 Å². The number of rotatable bonds is 2. The lowest BCUT2D eigenvalue weighted by Gasteiger charge is -2.26. The summed E-state index contributed by atoms with van der Waals surface area (Å²) < 4.78 is 0. The molecule has 0 aliphatic heterocycles. The van der Waals surface area contributed by atoms with Crippen molar-refractivity contribution in [2.75, 3.05) is 0 Å². The third-order valence-electron chi connectivity index (χ3n) is 3.78. The molecule has 0 spiro atoms. The standard InChI is InChI=1S/C12H23N3/c1-12(8-4-5-9-12)15-11(13)14-10-6-2-3-7-10/h10H,2-9H2,1H3,(H3,13,14,15). The first-order valence-corrected chi connectivity index (χ1v) is 6.29. The first-order valence-electron chi connectivity index (χ1n) is 6.29. The number of guanidine groups is 1. The SMILES string of the molecule is CC1(NC(N)=NC2CCCC2)CCCC1. The Morgan fingerprint density at radius 1 is 1.20 bits per heavy atom. The summed E-state index contributed by atoms with van der Waals surface area (Å²) in [4.78, 5) is 4.57. The van der Waals surface area contributed by atoms with Crippen LogP contribution >= 0.6 is 0 Å². The van der Waals surface area contributed by atoms with Gasteiger partial charge in [0.15, 0.2) is 5.96 Å². The summed E-state index contributed by atoms with van der Waals surface area (Å²) in [6.07, 6.45) is 10.2. The number of aliphatic imine (C=N–C) groups is 1. The van der Waals surface area contributed by atoms with Crippen LogP contribution in [-0.2, 0) is 0 Å². The number of nitrogens with one attached hydrogen (secondary N) is 1. The van der Waals surface area contributed by atoms with E-state index in [1.807, 2.05) is 0 Å². The van der Waals surface area contributed by atoms with Gasteiger partial charge in [-0.1, -0.05) is 25.7 Å². The van der Waals surface area contributed by atoms with Gasteiger partial charge in [0.1, 0.15) is 0 Å².